The fraction of sp³-hybridized carbons (Fsp3) is 0.455. The van der Waals surface area contributed by atoms with Crippen molar-refractivity contribution >= 4 is 5.69 Å². The van der Waals surface area contributed by atoms with Crippen molar-refractivity contribution in [1.29, 1.82) is 0 Å². The van der Waals surface area contributed by atoms with Crippen molar-refractivity contribution < 1.29 is 4.39 Å². The van der Waals surface area contributed by atoms with E-state index in [-0.39, 0.29) is 5.82 Å². The van der Waals surface area contributed by atoms with Gasteiger partial charge in [0.15, 0.2) is 0 Å². The molecule has 1 saturated carbocycles. The second-order valence-corrected chi connectivity index (χ2v) is 3.78. The number of hydrogen-bond donors (Lipinski definition) is 1. The van der Waals surface area contributed by atoms with Crippen molar-refractivity contribution in [1.82, 2.24) is 0 Å². The summed E-state index contributed by atoms with van der Waals surface area (Å²) < 4.78 is 12.8. The van der Waals surface area contributed by atoms with Crippen LogP contribution in [0.5, 0.6) is 0 Å². The van der Waals surface area contributed by atoms with Gasteiger partial charge in [-0.15, -0.1) is 0 Å². The van der Waals surface area contributed by atoms with Crippen LogP contribution >= 0.6 is 0 Å². The van der Waals surface area contributed by atoms with Crippen LogP contribution in [0.4, 0.5) is 10.1 Å². The number of nitrogens with one attached hydrogen (secondary N) is 1. The zero-order valence-electron chi connectivity index (χ0n) is 7.81. The van der Waals surface area contributed by atoms with Crippen LogP contribution in [0.3, 0.4) is 0 Å². The lowest BCUT2D eigenvalue weighted by Gasteiger charge is -2.08. The maximum absolute atomic E-state index is 12.8. The minimum absolute atomic E-state index is 0.163. The smallest absolute Gasteiger partial charge is 0.125 e. The van der Waals surface area contributed by atoms with Crippen LogP contribution < -0.4 is 5.32 Å². The third-order valence-corrected chi connectivity index (χ3v) is 2.48. The molecule has 70 valence electrons. The van der Waals surface area contributed by atoms with Crippen molar-refractivity contribution in [2.75, 3.05) is 11.9 Å². The van der Waals surface area contributed by atoms with E-state index in [9.17, 15) is 4.39 Å². The van der Waals surface area contributed by atoms with Crippen LogP contribution in [0.1, 0.15) is 18.4 Å². The third kappa shape index (κ3) is 2.20. The van der Waals surface area contributed by atoms with E-state index >= 15 is 0 Å². The maximum atomic E-state index is 12.8. The van der Waals surface area contributed by atoms with Crippen molar-refractivity contribution in [2.24, 2.45) is 5.92 Å². The largest absolute Gasteiger partial charge is 0.384 e. The molecule has 1 nitrogen and oxygen atoms in total. The number of aryl methyl sites for hydroxylation is 1. The van der Waals surface area contributed by atoms with Crippen LogP contribution in [-0.2, 0) is 0 Å². The Bertz CT molecular complexity index is 305. The molecule has 0 heterocycles. The van der Waals surface area contributed by atoms with Gasteiger partial charge in [-0.05, 0) is 43.4 Å². The molecule has 0 aliphatic heterocycles. The number of rotatable bonds is 3. The highest BCUT2D eigenvalue weighted by Gasteiger charge is 2.20. The van der Waals surface area contributed by atoms with Gasteiger partial charge in [0.2, 0.25) is 0 Å². The van der Waals surface area contributed by atoms with Gasteiger partial charge in [-0.1, -0.05) is 6.07 Å². The molecule has 0 unspecified atom stereocenters. The van der Waals surface area contributed by atoms with Crippen LogP contribution in [0, 0.1) is 18.7 Å². The summed E-state index contributed by atoms with van der Waals surface area (Å²) in [5, 5.41) is 3.28. The van der Waals surface area contributed by atoms with Gasteiger partial charge >= 0.3 is 0 Å². The van der Waals surface area contributed by atoms with Crippen LogP contribution in [0.15, 0.2) is 18.2 Å². The summed E-state index contributed by atoms with van der Waals surface area (Å²) in [6, 6.07) is 4.87. The lowest BCUT2D eigenvalue weighted by Crippen LogP contribution is -2.04. The van der Waals surface area contributed by atoms with Crippen LogP contribution in [-0.4, -0.2) is 6.54 Å². The molecule has 0 bridgehead atoms. The molecule has 2 heteroatoms. The molecule has 1 aliphatic rings. The van der Waals surface area contributed by atoms with Gasteiger partial charge < -0.3 is 5.32 Å². The summed E-state index contributed by atoms with van der Waals surface area (Å²) >= 11 is 0. The number of halogens is 1. The Labute approximate surface area is 78.0 Å². The molecule has 0 spiro atoms. The topological polar surface area (TPSA) is 12.0 Å². The van der Waals surface area contributed by atoms with E-state index in [0.29, 0.717) is 0 Å². The summed E-state index contributed by atoms with van der Waals surface area (Å²) in [5.41, 5.74) is 2.05. The van der Waals surface area contributed by atoms with Gasteiger partial charge in [0, 0.05) is 12.2 Å². The first kappa shape index (κ1) is 8.54. The zero-order valence-corrected chi connectivity index (χ0v) is 7.81. The van der Waals surface area contributed by atoms with E-state index in [1.165, 1.54) is 18.9 Å². The lowest BCUT2D eigenvalue weighted by molar-refractivity contribution is 0.627. The molecule has 1 N–H and O–H groups in total. The van der Waals surface area contributed by atoms with Gasteiger partial charge in [-0.3, -0.25) is 0 Å². The molecular formula is C11H14FN. The SMILES string of the molecule is Cc1ccc(F)cc1NCC1CC1. The van der Waals surface area contributed by atoms with E-state index < -0.39 is 0 Å². The van der Waals surface area contributed by atoms with E-state index in [0.717, 1.165) is 23.7 Å². The van der Waals surface area contributed by atoms with E-state index in [4.69, 9.17) is 0 Å². The van der Waals surface area contributed by atoms with Crippen molar-refractivity contribution in [3.63, 3.8) is 0 Å². The second kappa shape index (κ2) is 3.36. The highest BCUT2D eigenvalue weighted by atomic mass is 19.1. The Kier molecular flexibility index (Phi) is 2.21. The Morgan fingerprint density at radius 1 is 1.46 bits per heavy atom. The summed E-state index contributed by atoms with van der Waals surface area (Å²) in [4.78, 5) is 0. The number of anilines is 1. The molecule has 0 saturated heterocycles. The third-order valence-electron chi connectivity index (χ3n) is 2.48. The monoisotopic (exact) mass is 179 g/mol. The van der Waals surface area contributed by atoms with E-state index in [1.54, 1.807) is 6.07 Å². The fourth-order valence-electron chi connectivity index (χ4n) is 1.36. The van der Waals surface area contributed by atoms with Crippen molar-refractivity contribution in [3.05, 3.63) is 29.6 Å². The molecule has 0 aromatic heterocycles. The first-order valence-electron chi connectivity index (χ1n) is 4.76. The normalized spacial score (nSPS) is 15.8. The molecular weight excluding hydrogens is 165 g/mol. The Balaban J connectivity index is 2.03. The molecule has 1 aromatic rings. The van der Waals surface area contributed by atoms with Crippen LogP contribution in [0.25, 0.3) is 0 Å². The summed E-state index contributed by atoms with van der Waals surface area (Å²) in [7, 11) is 0. The van der Waals surface area contributed by atoms with Crippen molar-refractivity contribution in [2.45, 2.75) is 19.8 Å². The van der Waals surface area contributed by atoms with E-state index in [1.807, 2.05) is 13.0 Å². The quantitative estimate of drug-likeness (QED) is 0.752. The minimum atomic E-state index is -0.163. The molecule has 0 radical (unpaired) electrons. The molecule has 1 aromatic carbocycles. The van der Waals surface area contributed by atoms with Crippen molar-refractivity contribution in [3.8, 4) is 0 Å². The molecule has 0 atom stereocenters. The average Bonchev–Trinajstić information content (AvgIpc) is 2.90. The molecule has 1 aliphatic carbocycles. The summed E-state index contributed by atoms with van der Waals surface area (Å²) in [6.45, 7) is 2.99. The minimum Gasteiger partial charge on any atom is -0.384 e. The highest BCUT2D eigenvalue weighted by Crippen LogP contribution is 2.29. The van der Waals surface area contributed by atoms with E-state index in [2.05, 4.69) is 5.32 Å². The van der Waals surface area contributed by atoms with Gasteiger partial charge in [0.05, 0.1) is 0 Å². The Morgan fingerprint density at radius 3 is 2.92 bits per heavy atom. The highest BCUT2D eigenvalue weighted by molar-refractivity contribution is 5.50. The standard InChI is InChI=1S/C11H14FN/c1-8-2-5-10(12)6-11(8)13-7-9-3-4-9/h2,5-6,9,13H,3-4,7H2,1H3. The van der Waals surface area contributed by atoms with Gasteiger partial charge in [0.25, 0.3) is 0 Å². The fourth-order valence-corrected chi connectivity index (χ4v) is 1.36. The first-order valence-corrected chi connectivity index (χ1v) is 4.76. The number of hydrogen-bond acceptors (Lipinski definition) is 1. The molecule has 0 amide bonds. The van der Waals surface area contributed by atoms with Crippen LogP contribution in [0.2, 0.25) is 0 Å². The lowest BCUT2D eigenvalue weighted by atomic mass is 10.2. The predicted octanol–water partition coefficient (Wildman–Crippen LogP) is 2.96. The Hall–Kier alpha value is -1.05. The predicted molar refractivity (Wildman–Crippen MR) is 52.4 cm³/mol. The summed E-state index contributed by atoms with van der Waals surface area (Å²) in [6.07, 6.45) is 2.64. The maximum Gasteiger partial charge on any atom is 0.125 e. The zero-order chi connectivity index (χ0) is 9.26. The average molecular weight is 179 g/mol. The molecule has 1 fully saturated rings. The van der Waals surface area contributed by atoms with Gasteiger partial charge in [0.1, 0.15) is 5.82 Å². The van der Waals surface area contributed by atoms with Gasteiger partial charge in [-0.25, -0.2) is 4.39 Å². The molecule has 2 rings (SSSR count). The first-order chi connectivity index (χ1) is 6.25. The van der Waals surface area contributed by atoms with Gasteiger partial charge in [-0.2, -0.15) is 0 Å². The second-order valence-electron chi connectivity index (χ2n) is 3.78. The number of benzene rings is 1. The molecule has 13 heavy (non-hydrogen) atoms. The Morgan fingerprint density at radius 2 is 2.23 bits per heavy atom. The summed E-state index contributed by atoms with van der Waals surface area (Å²) in [5.74, 6) is 0.659.